The normalized spacial score (nSPS) is 14.8. The maximum absolute atomic E-state index is 5.16. The molecule has 0 amide bonds. The first-order valence-corrected chi connectivity index (χ1v) is 2.22. The van der Waals surface area contributed by atoms with E-state index in [1.807, 2.05) is 6.92 Å². The topological polar surface area (TPSA) is 0 Å². The third-order valence-corrected chi connectivity index (χ3v) is 0.783. The molecule has 5 heavy (non-hydrogen) atoms. The Hall–Kier alpha value is 0.415. The van der Waals surface area contributed by atoms with Crippen LogP contribution in [-0.2, 0) is 0 Å². The second-order valence-electron chi connectivity index (χ2n) is 0.976. The van der Waals surface area contributed by atoms with Crippen LogP contribution in [0.4, 0.5) is 0 Å². The van der Waals surface area contributed by atoms with Gasteiger partial charge in [-0.25, -0.2) is 0 Å². The van der Waals surface area contributed by atoms with Crippen LogP contribution in [0.1, 0.15) is 13.3 Å². The SMILES string of the molecule is [B][C@@H](S)CC. The van der Waals surface area contributed by atoms with Gasteiger partial charge in [-0.2, -0.15) is 12.6 Å². The van der Waals surface area contributed by atoms with Crippen molar-refractivity contribution < 1.29 is 0 Å². The van der Waals surface area contributed by atoms with Gasteiger partial charge in [-0.3, -0.25) is 0 Å². The first-order chi connectivity index (χ1) is 2.27. The molecule has 2 heteroatoms. The molecule has 0 nitrogen and oxygen atoms in total. The summed E-state index contributed by atoms with van der Waals surface area (Å²) in [7, 11) is 5.16. The Labute approximate surface area is 39.8 Å². The maximum atomic E-state index is 5.16. The van der Waals surface area contributed by atoms with Crippen LogP contribution in [0.5, 0.6) is 0 Å². The molecule has 0 aliphatic carbocycles. The van der Waals surface area contributed by atoms with Crippen molar-refractivity contribution in [3.05, 3.63) is 0 Å². The van der Waals surface area contributed by atoms with Crippen molar-refractivity contribution in [3.63, 3.8) is 0 Å². The quantitative estimate of drug-likeness (QED) is 0.354. The van der Waals surface area contributed by atoms with E-state index >= 15 is 0 Å². The standard InChI is InChI=1S/C3H7BS/c1-2-3(4)5/h3,5H,2H2,1H3/t3-/m0/s1. The van der Waals surface area contributed by atoms with Crippen molar-refractivity contribution in [1.82, 2.24) is 0 Å². The van der Waals surface area contributed by atoms with Crippen LogP contribution in [0.25, 0.3) is 0 Å². The largest absolute Gasteiger partial charge is 0.186 e. The molecule has 0 spiro atoms. The molecule has 0 aromatic carbocycles. The summed E-state index contributed by atoms with van der Waals surface area (Å²) in [5, 5.41) is 0.0787. The summed E-state index contributed by atoms with van der Waals surface area (Å²) < 4.78 is 0. The minimum atomic E-state index is 0.0787. The summed E-state index contributed by atoms with van der Waals surface area (Å²) in [5.41, 5.74) is 0. The summed E-state index contributed by atoms with van der Waals surface area (Å²) in [5.74, 6) is 0. The Morgan fingerprint density at radius 3 is 2.20 bits per heavy atom. The van der Waals surface area contributed by atoms with E-state index < -0.39 is 0 Å². The number of hydrogen-bond acceptors (Lipinski definition) is 1. The van der Waals surface area contributed by atoms with Gasteiger partial charge in [0.05, 0.1) is 7.85 Å². The van der Waals surface area contributed by atoms with Crippen molar-refractivity contribution in [3.8, 4) is 0 Å². The van der Waals surface area contributed by atoms with Gasteiger partial charge in [0.25, 0.3) is 0 Å². The van der Waals surface area contributed by atoms with E-state index in [1.165, 1.54) is 0 Å². The molecule has 0 fully saturated rings. The Balaban J connectivity index is 2.54. The van der Waals surface area contributed by atoms with E-state index in [2.05, 4.69) is 12.6 Å². The van der Waals surface area contributed by atoms with Crippen molar-refractivity contribution in [1.29, 1.82) is 0 Å². The predicted molar refractivity (Wildman–Crippen MR) is 28.8 cm³/mol. The van der Waals surface area contributed by atoms with Gasteiger partial charge in [-0.1, -0.05) is 13.3 Å². The van der Waals surface area contributed by atoms with Gasteiger partial charge in [0, 0.05) is 0 Å². The third kappa shape index (κ3) is 4.41. The molecule has 0 saturated carbocycles. The van der Waals surface area contributed by atoms with Crippen LogP contribution in [0.2, 0.25) is 0 Å². The van der Waals surface area contributed by atoms with Crippen LogP contribution in [0.3, 0.4) is 0 Å². The molecule has 28 valence electrons. The first-order valence-electron chi connectivity index (χ1n) is 1.71. The highest BCUT2D eigenvalue weighted by atomic mass is 32.1. The van der Waals surface area contributed by atoms with Gasteiger partial charge in [-0.05, 0) is 5.15 Å². The van der Waals surface area contributed by atoms with Gasteiger partial charge < -0.3 is 0 Å². The Morgan fingerprint density at radius 2 is 2.20 bits per heavy atom. The lowest BCUT2D eigenvalue weighted by Gasteiger charge is -1.90. The fraction of sp³-hybridized carbons (Fsp3) is 1.00. The lowest BCUT2D eigenvalue weighted by atomic mass is 10.0. The van der Waals surface area contributed by atoms with E-state index in [0.717, 1.165) is 6.42 Å². The fourth-order valence-electron chi connectivity index (χ4n) is 0. The van der Waals surface area contributed by atoms with Gasteiger partial charge in [0.2, 0.25) is 0 Å². The molecule has 0 rings (SSSR count). The molecule has 2 radical (unpaired) electrons. The molecular weight excluding hydrogens is 78.9 g/mol. The number of rotatable bonds is 1. The van der Waals surface area contributed by atoms with Crippen LogP contribution >= 0.6 is 12.6 Å². The molecular formula is C3H7BS. The van der Waals surface area contributed by atoms with Crippen molar-refractivity contribution in [2.24, 2.45) is 0 Å². The van der Waals surface area contributed by atoms with Crippen LogP contribution < -0.4 is 0 Å². The lowest BCUT2D eigenvalue weighted by molar-refractivity contribution is 1.05. The monoisotopic (exact) mass is 86.0 g/mol. The zero-order chi connectivity index (χ0) is 4.28. The average Bonchev–Trinajstić information content (AvgIpc) is 1.38. The summed E-state index contributed by atoms with van der Waals surface area (Å²) in [6.45, 7) is 2.00. The highest BCUT2D eigenvalue weighted by Crippen LogP contribution is 1.89. The van der Waals surface area contributed by atoms with Crippen molar-refractivity contribution >= 4 is 20.5 Å². The molecule has 0 aromatic heterocycles. The minimum absolute atomic E-state index is 0.0787. The molecule has 0 heterocycles. The van der Waals surface area contributed by atoms with E-state index in [4.69, 9.17) is 7.85 Å². The third-order valence-electron chi connectivity index (χ3n) is 0.418. The first kappa shape index (κ1) is 5.41. The molecule has 0 aliphatic rings. The summed E-state index contributed by atoms with van der Waals surface area (Å²) in [4.78, 5) is 0. The summed E-state index contributed by atoms with van der Waals surface area (Å²) >= 11 is 3.88. The molecule has 0 N–H and O–H groups in total. The van der Waals surface area contributed by atoms with Crippen molar-refractivity contribution in [2.75, 3.05) is 0 Å². The van der Waals surface area contributed by atoms with E-state index in [-0.39, 0.29) is 5.15 Å². The zero-order valence-corrected chi connectivity index (χ0v) is 4.20. The highest BCUT2D eigenvalue weighted by molar-refractivity contribution is 7.82. The maximum Gasteiger partial charge on any atom is 0.0842 e. The van der Waals surface area contributed by atoms with Crippen LogP contribution in [0.15, 0.2) is 0 Å². The molecule has 0 saturated heterocycles. The molecule has 0 bridgehead atoms. The second kappa shape index (κ2) is 2.64. The average molecular weight is 86.0 g/mol. The minimum Gasteiger partial charge on any atom is -0.186 e. The fourth-order valence-corrected chi connectivity index (χ4v) is 0. The van der Waals surface area contributed by atoms with Crippen LogP contribution in [0, 0.1) is 0 Å². The van der Waals surface area contributed by atoms with Gasteiger partial charge in [-0.15, -0.1) is 0 Å². The molecule has 1 atom stereocenters. The van der Waals surface area contributed by atoms with Gasteiger partial charge >= 0.3 is 0 Å². The van der Waals surface area contributed by atoms with E-state index in [1.54, 1.807) is 0 Å². The smallest absolute Gasteiger partial charge is 0.0842 e. The Bertz CT molecular complexity index is 20.9. The summed E-state index contributed by atoms with van der Waals surface area (Å²) in [6.07, 6.45) is 0.948. The van der Waals surface area contributed by atoms with E-state index in [0.29, 0.717) is 0 Å². The Kier molecular flexibility index (Phi) is 2.86. The highest BCUT2D eigenvalue weighted by Gasteiger charge is 1.81. The summed E-state index contributed by atoms with van der Waals surface area (Å²) in [6, 6.07) is 0. The number of thiol groups is 1. The molecule has 0 unspecified atom stereocenters. The van der Waals surface area contributed by atoms with Gasteiger partial charge in [0.1, 0.15) is 0 Å². The van der Waals surface area contributed by atoms with Gasteiger partial charge in [0.15, 0.2) is 0 Å². The Morgan fingerprint density at radius 1 is 2.00 bits per heavy atom. The second-order valence-corrected chi connectivity index (χ2v) is 1.64. The van der Waals surface area contributed by atoms with Crippen molar-refractivity contribution in [2.45, 2.75) is 18.5 Å². The molecule has 0 aliphatic heterocycles. The predicted octanol–water partition coefficient (Wildman–Crippen LogP) is 0.821. The zero-order valence-electron chi connectivity index (χ0n) is 3.31. The molecule has 0 aromatic rings. The lowest BCUT2D eigenvalue weighted by Crippen LogP contribution is -1.90. The number of hydrogen-bond donors (Lipinski definition) is 1. The van der Waals surface area contributed by atoms with Crippen LogP contribution in [-0.4, -0.2) is 13.0 Å². The van der Waals surface area contributed by atoms with E-state index in [9.17, 15) is 0 Å².